The minimum Gasteiger partial charge on any atom is -0.480 e. The molecular formula is C10H20N2O3. The van der Waals surface area contributed by atoms with Crippen LogP contribution in [0, 0.1) is 0 Å². The van der Waals surface area contributed by atoms with E-state index in [-0.39, 0.29) is 6.04 Å². The quantitative estimate of drug-likeness (QED) is 0.671. The van der Waals surface area contributed by atoms with Crippen LogP contribution in [0.25, 0.3) is 0 Å². The van der Waals surface area contributed by atoms with Crippen molar-refractivity contribution in [3.05, 3.63) is 0 Å². The molecule has 0 aliphatic carbocycles. The van der Waals surface area contributed by atoms with E-state index in [1.54, 1.807) is 0 Å². The molecule has 0 aromatic carbocycles. The van der Waals surface area contributed by atoms with Crippen LogP contribution >= 0.6 is 0 Å². The van der Waals surface area contributed by atoms with Gasteiger partial charge in [-0.15, -0.1) is 0 Å². The summed E-state index contributed by atoms with van der Waals surface area (Å²) >= 11 is 0. The number of nitrogens with two attached hydrogens (primary N) is 1. The highest BCUT2D eigenvalue weighted by Gasteiger charge is 2.42. The Kier molecular flexibility index (Phi) is 4.07. The fourth-order valence-corrected chi connectivity index (χ4v) is 1.81. The number of rotatable bonds is 5. The molecule has 0 aromatic rings. The highest BCUT2D eigenvalue weighted by molar-refractivity contribution is 5.79. The van der Waals surface area contributed by atoms with Crippen molar-refractivity contribution in [3.8, 4) is 0 Å². The molecule has 1 aliphatic heterocycles. The van der Waals surface area contributed by atoms with E-state index < -0.39 is 11.5 Å². The first kappa shape index (κ1) is 12.4. The van der Waals surface area contributed by atoms with Crippen LogP contribution in [-0.2, 0) is 9.53 Å². The monoisotopic (exact) mass is 216 g/mol. The Labute approximate surface area is 90.2 Å². The van der Waals surface area contributed by atoms with Gasteiger partial charge in [0.05, 0.1) is 6.61 Å². The SMILES string of the molecule is CCOCC(C)N1CCC(N)(C(=O)O)C1. The van der Waals surface area contributed by atoms with Crippen molar-refractivity contribution in [2.75, 3.05) is 26.3 Å². The zero-order valence-corrected chi connectivity index (χ0v) is 9.40. The van der Waals surface area contributed by atoms with Crippen molar-refractivity contribution in [2.24, 2.45) is 5.73 Å². The number of hydrogen-bond donors (Lipinski definition) is 2. The van der Waals surface area contributed by atoms with E-state index >= 15 is 0 Å². The fraction of sp³-hybridized carbons (Fsp3) is 0.900. The van der Waals surface area contributed by atoms with Crippen molar-refractivity contribution in [2.45, 2.75) is 31.8 Å². The minimum absolute atomic E-state index is 0.231. The van der Waals surface area contributed by atoms with Gasteiger partial charge in [0.15, 0.2) is 0 Å². The standard InChI is InChI=1S/C10H20N2O3/c1-3-15-6-8(2)12-5-4-10(11,7-12)9(13)14/h8H,3-7,11H2,1-2H3,(H,13,14). The summed E-state index contributed by atoms with van der Waals surface area (Å²) < 4.78 is 5.31. The number of likely N-dealkylation sites (tertiary alicyclic amines) is 1. The van der Waals surface area contributed by atoms with Gasteiger partial charge in [-0.2, -0.15) is 0 Å². The first-order chi connectivity index (χ1) is 6.99. The molecule has 1 saturated heterocycles. The Morgan fingerprint density at radius 3 is 2.87 bits per heavy atom. The largest absolute Gasteiger partial charge is 0.480 e. The third kappa shape index (κ3) is 2.90. The molecule has 88 valence electrons. The lowest BCUT2D eigenvalue weighted by Gasteiger charge is -2.25. The normalized spacial score (nSPS) is 29.3. The van der Waals surface area contributed by atoms with Gasteiger partial charge < -0.3 is 15.6 Å². The molecule has 3 N–H and O–H groups in total. The predicted molar refractivity (Wildman–Crippen MR) is 56.7 cm³/mol. The van der Waals surface area contributed by atoms with E-state index in [9.17, 15) is 4.79 Å². The molecule has 1 aliphatic rings. The Hall–Kier alpha value is -0.650. The summed E-state index contributed by atoms with van der Waals surface area (Å²) in [4.78, 5) is 13.0. The second kappa shape index (κ2) is 4.92. The molecule has 1 rings (SSSR count). The molecule has 0 radical (unpaired) electrons. The van der Waals surface area contributed by atoms with Crippen LogP contribution < -0.4 is 5.73 Å². The zero-order chi connectivity index (χ0) is 11.5. The van der Waals surface area contributed by atoms with Gasteiger partial charge in [-0.05, 0) is 20.3 Å². The van der Waals surface area contributed by atoms with Crippen molar-refractivity contribution >= 4 is 5.97 Å². The van der Waals surface area contributed by atoms with Gasteiger partial charge in [-0.1, -0.05) is 0 Å². The van der Waals surface area contributed by atoms with E-state index in [1.807, 2.05) is 13.8 Å². The van der Waals surface area contributed by atoms with Gasteiger partial charge in [0.25, 0.3) is 0 Å². The first-order valence-corrected chi connectivity index (χ1v) is 5.33. The highest BCUT2D eigenvalue weighted by Crippen LogP contribution is 2.21. The second-order valence-corrected chi connectivity index (χ2v) is 4.19. The van der Waals surface area contributed by atoms with Crippen LogP contribution in [0.15, 0.2) is 0 Å². The lowest BCUT2D eigenvalue weighted by atomic mass is 10.0. The molecule has 5 heteroatoms. The number of carboxylic acids is 1. The minimum atomic E-state index is -1.07. The maximum Gasteiger partial charge on any atom is 0.325 e. The average molecular weight is 216 g/mol. The first-order valence-electron chi connectivity index (χ1n) is 5.33. The van der Waals surface area contributed by atoms with Crippen LogP contribution in [-0.4, -0.2) is 53.9 Å². The molecule has 0 bridgehead atoms. The molecule has 0 amide bonds. The van der Waals surface area contributed by atoms with E-state index in [0.29, 0.717) is 26.2 Å². The molecule has 0 aromatic heterocycles. The summed E-state index contributed by atoms with van der Waals surface area (Å²) in [7, 11) is 0. The molecule has 2 unspecified atom stereocenters. The topological polar surface area (TPSA) is 75.8 Å². The van der Waals surface area contributed by atoms with Gasteiger partial charge in [0.1, 0.15) is 5.54 Å². The number of aliphatic carboxylic acids is 1. The molecule has 1 heterocycles. The van der Waals surface area contributed by atoms with E-state index in [1.165, 1.54) is 0 Å². The van der Waals surface area contributed by atoms with Crippen LogP contribution in [0.2, 0.25) is 0 Å². The Bertz CT molecular complexity index is 235. The maximum absolute atomic E-state index is 10.9. The number of carbonyl (C=O) groups is 1. The summed E-state index contributed by atoms with van der Waals surface area (Å²) in [5, 5.41) is 8.97. The summed E-state index contributed by atoms with van der Waals surface area (Å²) in [6.45, 7) is 6.44. The summed E-state index contributed by atoms with van der Waals surface area (Å²) in [6.07, 6.45) is 0.513. The Morgan fingerprint density at radius 2 is 2.40 bits per heavy atom. The van der Waals surface area contributed by atoms with Crippen molar-refractivity contribution < 1.29 is 14.6 Å². The van der Waals surface area contributed by atoms with Crippen molar-refractivity contribution in [1.29, 1.82) is 0 Å². The molecule has 1 fully saturated rings. The molecule has 0 spiro atoms. The Morgan fingerprint density at radius 1 is 1.73 bits per heavy atom. The third-order valence-electron chi connectivity index (χ3n) is 2.94. The molecule has 15 heavy (non-hydrogen) atoms. The van der Waals surface area contributed by atoms with Gasteiger partial charge in [0.2, 0.25) is 0 Å². The van der Waals surface area contributed by atoms with Crippen molar-refractivity contribution in [3.63, 3.8) is 0 Å². The molecule has 2 atom stereocenters. The Balaban J connectivity index is 2.45. The predicted octanol–water partition coefficient (Wildman–Crippen LogP) is -0.101. The highest BCUT2D eigenvalue weighted by atomic mass is 16.5. The smallest absolute Gasteiger partial charge is 0.325 e. The van der Waals surface area contributed by atoms with Gasteiger partial charge in [-0.25, -0.2) is 0 Å². The molecule has 5 nitrogen and oxygen atoms in total. The van der Waals surface area contributed by atoms with Crippen LogP contribution in [0.4, 0.5) is 0 Å². The number of nitrogens with zero attached hydrogens (tertiary/aromatic N) is 1. The van der Waals surface area contributed by atoms with E-state index in [4.69, 9.17) is 15.6 Å². The number of ether oxygens (including phenoxy) is 1. The average Bonchev–Trinajstić information content (AvgIpc) is 2.59. The lowest BCUT2D eigenvalue weighted by molar-refractivity contribution is -0.142. The summed E-state index contributed by atoms with van der Waals surface area (Å²) in [5.41, 5.74) is 4.71. The number of hydrogen-bond acceptors (Lipinski definition) is 4. The lowest BCUT2D eigenvalue weighted by Crippen LogP contribution is -2.51. The molecule has 0 saturated carbocycles. The molecular weight excluding hydrogens is 196 g/mol. The second-order valence-electron chi connectivity index (χ2n) is 4.19. The van der Waals surface area contributed by atoms with Crippen LogP contribution in [0.1, 0.15) is 20.3 Å². The van der Waals surface area contributed by atoms with Crippen LogP contribution in [0.3, 0.4) is 0 Å². The van der Waals surface area contributed by atoms with Gasteiger partial charge in [0, 0.05) is 25.7 Å². The van der Waals surface area contributed by atoms with Crippen LogP contribution in [0.5, 0.6) is 0 Å². The zero-order valence-electron chi connectivity index (χ0n) is 9.40. The van der Waals surface area contributed by atoms with Gasteiger partial charge >= 0.3 is 5.97 Å². The fourth-order valence-electron chi connectivity index (χ4n) is 1.81. The third-order valence-corrected chi connectivity index (χ3v) is 2.94. The van der Waals surface area contributed by atoms with E-state index in [0.717, 1.165) is 6.54 Å². The summed E-state index contributed by atoms with van der Waals surface area (Å²) in [5.74, 6) is -0.909. The maximum atomic E-state index is 10.9. The van der Waals surface area contributed by atoms with E-state index in [2.05, 4.69) is 4.90 Å². The van der Waals surface area contributed by atoms with Crippen molar-refractivity contribution in [1.82, 2.24) is 4.90 Å². The summed E-state index contributed by atoms with van der Waals surface area (Å²) in [6, 6.07) is 0.231. The number of carboxylic acid groups (broad SMARTS) is 1. The van der Waals surface area contributed by atoms with Gasteiger partial charge in [-0.3, -0.25) is 9.69 Å².